The quantitative estimate of drug-likeness (QED) is 0.581. The number of carbonyl (C=O) groups is 2. The smallest absolute Gasteiger partial charge is 0.462 e. The molecular weight excluding hydrogens is 308 g/mol. The number of ether oxygens (including phenoxy) is 3. The Morgan fingerprint density at radius 3 is 2.29 bits per heavy atom. The van der Waals surface area contributed by atoms with Crippen molar-refractivity contribution in [3.63, 3.8) is 0 Å². The van der Waals surface area contributed by atoms with Gasteiger partial charge in [0.25, 0.3) is 0 Å². The monoisotopic (exact) mass is 328 g/mol. The average molecular weight is 328 g/mol. The van der Waals surface area contributed by atoms with Crippen molar-refractivity contribution in [3.8, 4) is 11.5 Å². The molecule has 0 atom stereocenters. The summed E-state index contributed by atoms with van der Waals surface area (Å²) in [4.78, 5) is 23.8. The van der Waals surface area contributed by atoms with Crippen LogP contribution in [0.5, 0.6) is 11.5 Å². The van der Waals surface area contributed by atoms with E-state index < -0.39 is 12.1 Å². The van der Waals surface area contributed by atoms with Gasteiger partial charge in [-0.3, -0.25) is 0 Å². The largest absolute Gasteiger partial charge is 0.519 e. The molecule has 5 nitrogen and oxygen atoms in total. The Hall–Kier alpha value is -2.82. The standard InChI is InChI=1S/C19H20O5/c1-3-7-14-10-12-15(13-11-14)23-19(21)24-17-9-6-5-8-16(17)18(20)22-4-2/h5-6,8-13H,3-4,7H2,1-2H3. The van der Waals surface area contributed by atoms with Crippen LogP contribution in [0.15, 0.2) is 48.5 Å². The van der Waals surface area contributed by atoms with Crippen LogP contribution in [0, 0.1) is 0 Å². The first kappa shape index (κ1) is 17.5. The van der Waals surface area contributed by atoms with E-state index in [-0.39, 0.29) is 17.9 Å². The van der Waals surface area contributed by atoms with Gasteiger partial charge in [0.05, 0.1) is 6.61 Å². The Kier molecular flexibility index (Phi) is 6.37. The maximum absolute atomic E-state index is 11.9. The van der Waals surface area contributed by atoms with E-state index in [4.69, 9.17) is 14.2 Å². The zero-order valence-corrected chi connectivity index (χ0v) is 13.8. The summed E-state index contributed by atoms with van der Waals surface area (Å²) in [6.07, 6.45) is 1.11. The van der Waals surface area contributed by atoms with Crippen LogP contribution in [-0.4, -0.2) is 18.7 Å². The van der Waals surface area contributed by atoms with Crippen LogP contribution in [0.2, 0.25) is 0 Å². The third kappa shape index (κ3) is 4.84. The maximum Gasteiger partial charge on any atom is 0.519 e. The van der Waals surface area contributed by atoms with Gasteiger partial charge in [-0.1, -0.05) is 37.6 Å². The fraction of sp³-hybridized carbons (Fsp3) is 0.263. The van der Waals surface area contributed by atoms with E-state index in [1.807, 2.05) is 12.1 Å². The molecule has 0 fully saturated rings. The molecule has 2 aromatic carbocycles. The fourth-order valence-corrected chi connectivity index (χ4v) is 2.15. The van der Waals surface area contributed by atoms with Crippen molar-refractivity contribution in [3.05, 3.63) is 59.7 Å². The Labute approximate surface area is 141 Å². The molecule has 0 aliphatic rings. The third-order valence-electron chi connectivity index (χ3n) is 3.24. The summed E-state index contributed by atoms with van der Waals surface area (Å²) in [5, 5.41) is 0. The van der Waals surface area contributed by atoms with Crippen LogP contribution in [0.4, 0.5) is 4.79 Å². The van der Waals surface area contributed by atoms with Crippen molar-refractivity contribution >= 4 is 12.1 Å². The van der Waals surface area contributed by atoms with E-state index in [1.165, 1.54) is 17.7 Å². The lowest BCUT2D eigenvalue weighted by molar-refractivity contribution is 0.0522. The highest BCUT2D eigenvalue weighted by molar-refractivity contribution is 5.93. The van der Waals surface area contributed by atoms with Crippen molar-refractivity contribution in [1.82, 2.24) is 0 Å². The Balaban J connectivity index is 2.03. The number of hydrogen-bond acceptors (Lipinski definition) is 5. The minimum atomic E-state index is -0.907. The van der Waals surface area contributed by atoms with E-state index >= 15 is 0 Å². The first-order valence-electron chi connectivity index (χ1n) is 7.88. The van der Waals surface area contributed by atoms with Crippen LogP contribution in [-0.2, 0) is 11.2 Å². The molecule has 0 aromatic heterocycles. The number of benzene rings is 2. The topological polar surface area (TPSA) is 61.8 Å². The first-order valence-corrected chi connectivity index (χ1v) is 7.88. The van der Waals surface area contributed by atoms with Crippen LogP contribution >= 0.6 is 0 Å². The van der Waals surface area contributed by atoms with Gasteiger partial charge in [-0.15, -0.1) is 0 Å². The SMILES string of the molecule is CCCc1ccc(OC(=O)Oc2ccccc2C(=O)OCC)cc1. The van der Waals surface area contributed by atoms with Crippen molar-refractivity contribution in [2.75, 3.05) is 6.61 Å². The summed E-state index contributed by atoms with van der Waals surface area (Å²) in [5.74, 6) is -0.0677. The number of esters is 1. The van der Waals surface area contributed by atoms with E-state index in [2.05, 4.69) is 6.92 Å². The third-order valence-corrected chi connectivity index (χ3v) is 3.24. The van der Waals surface area contributed by atoms with Crippen LogP contribution in [0.3, 0.4) is 0 Å². The normalized spacial score (nSPS) is 10.1. The Morgan fingerprint density at radius 1 is 0.917 bits per heavy atom. The number of para-hydroxylation sites is 1. The van der Waals surface area contributed by atoms with Gasteiger partial charge in [0, 0.05) is 0 Å². The maximum atomic E-state index is 11.9. The first-order chi connectivity index (χ1) is 11.6. The zero-order valence-electron chi connectivity index (χ0n) is 13.8. The summed E-state index contributed by atoms with van der Waals surface area (Å²) in [6, 6.07) is 13.6. The second kappa shape index (κ2) is 8.72. The van der Waals surface area contributed by atoms with Gasteiger partial charge in [0.1, 0.15) is 17.1 Å². The molecule has 2 rings (SSSR count). The number of carbonyl (C=O) groups excluding carboxylic acids is 2. The summed E-state index contributed by atoms with van der Waals surface area (Å²) in [6.45, 7) is 4.04. The molecule has 0 saturated carbocycles. The molecule has 0 saturated heterocycles. The molecule has 0 aliphatic heterocycles. The van der Waals surface area contributed by atoms with Gasteiger partial charge >= 0.3 is 12.1 Å². The molecule has 0 unspecified atom stereocenters. The molecule has 0 bridgehead atoms. The minimum Gasteiger partial charge on any atom is -0.462 e. The number of hydrogen-bond donors (Lipinski definition) is 0. The van der Waals surface area contributed by atoms with Crippen LogP contribution in [0.1, 0.15) is 36.2 Å². The van der Waals surface area contributed by atoms with Crippen molar-refractivity contribution in [1.29, 1.82) is 0 Å². The van der Waals surface area contributed by atoms with Gasteiger partial charge in [-0.25, -0.2) is 9.59 Å². The molecule has 0 aliphatic carbocycles. The van der Waals surface area contributed by atoms with Crippen LogP contribution < -0.4 is 9.47 Å². The molecule has 5 heteroatoms. The van der Waals surface area contributed by atoms with Gasteiger partial charge in [0.15, 0.2) is 0 Å². The van der Waals surface area contributed by atoms with Crippen molar-refractivity contribution in [2.45, 2.75) is 26.7 Å². The lowest BCUT2D eigenvalue weighted by Gasteiger charge is -2.09. The predicted octanol–water partition coefficient (Wildman–Crippen LogP) is 4.39. The highest BCUT2D eigenvalue weighted by Gasteiger charge is 2.17. The van der Waals surface area contributed by atoms with Crippen molar-refractivity contribution in [2.24, 2.45) is 0 Å². The van der Waals surface area contributed by atoms with E-state index in [9.17, 15) is 9.59 Å². The molecular formula is C19H20O5. The van der Waals surface area contributed by atoms with Gasteiger partial charge in [0.2, 0.25) is 0 Å². The molecule has 24 heavy (non-hydrogen) atoms. The molecule has 126 valence electrons. The molecule has 0 radical (unpaired) electrons. The van der Waals surface area contributed by atoms with E-state index in [0.29, 0.717) is 5.75 Å². The molecule has 2 aromatic rings. The second-order valence-electron chi connectivity index (χ2n) is 5.06. The van der Waals surface area contributed by atoms with Gasteiger partial charge < -0.3 is 14.2 Å². The van der Waals surface area contributed by atoms with Gasteiger partial charge in [-0.05, 0) is 43.2 Å². The Morgan fingerprint density at radius 2 is 1.62 bits per heavy atom. The van der Waals surface area contributed by atoms with Crippen LogP contribution in [0.25, 0.3) is 0 Å². The molecule has 0 N–H and O–H groups in total. The molecule has 0 heterocycles. The summed E-state index contributed by atoms with van der Waals surface area (Å²) < 4.78 is 15.2. The van der Waals surface area contributed by atoms with E-state index in [1.54, 1.807) is 31.2 Å². The minimum absolute atomic E-state index is 0.101. The molecule has 0 amide bonds. The summed E-state index contributed by atoms with van der Waals surface area (Å²) >= 11 is 0. The second-order valence-corrected chi connectivity index (χ2v) is 5.06. The predicted molar refractivity (Wildman–Crippen MR) is 89.5 cm³/mol. The highest BCUT2D eigenvalue weighted by Crippen LogP contribution is 2.20. The van der Waals surface area contributed by atoms with E-state index in [0.717, 1.165) is 12.8 Å². The summed E-state index contributed by atoms with van der Waals surface area (Å²) in [5.41, 5.74) is 1.35. The molecule has 0 spiro atoms. The highest BCUT2D eigenvalue weighted by atomic mass is 16.7. The number of rotatable bonds is 6. The summed E-state index contributed by atoms with van der Waals surface area (Å²) in [7, 11) is 0. The van der Waals surface area contributed by atoms with Gasteiger partial charge in [-0.2, -0.15) is 0 Å². The fourth-order valence-electron chi connectivity index (χ4n) is 2.15. The Bertz CT molecular complexity index is 691. The van der Waals surface area contributed by atoms with Crippen molar-refractivity contribution < 1.29 is 23.8 Å². The number of aryl methyl sites for hydroxylation is 1. The average Bonchev–Trinajstić information content (AvgIpc) is 2.57. The lowest BCUT2D eigenvalue weighted by Crippen LogP contribution is -2.16. The lowest BCUT2D eigenvalue weighted by atomic mass is 10.1. The zero-order chi connectivity index (χ0) is 17.4.